The summed E-state index contributed by atoms with van der Waals surface area (Å²) in [6.45, 7) is 0. The molecule has 1 amide bonds. The Morgan fingerprint density at radius 3 is 2.41 bits per heavy atom. The summed E-state index contributed by atoms with van der Waals surface area (Å²) in [4.78, 5) is 16.2. The third-order valence-electron chi connectivity index (χ3n) is 3.59. The Balaban J connectivity index is 1.81. The Bertz CT molecular complexity index is 973. The first-order valence-electron chi connectivity index (χ1n) is 7.79. The molecule has 8 heteroatoms. The van der Waals surface area contributed by atoms with Crippen LogP contribution >= 0.6 is 0 Å². The van der Waals surface area contributed by atoms with Crippen LogP contribution < -0.4 is 10.6 Å². The molecular formula is C19H13F4N3O. The highest BCUT2D eigenvalue weighted by atomic mass is 19.4. The molecular weight excluding hydrogens is 362 g/mol. The second-order valence-corrected chi connectivity index (χ2v) is 5.56. The quantitative estimate of drug-likeness (QED) is 0.614. The van der Waals surface area contributed by atoms with Gasteiger partial charge in [0, 0.05) is 17.6 Å². The lowest BCUT2D eigenvalue weighted by Crippen LogP contribution is -2.17. The molecule has 4 nitrogen and oxygen atoms in total. The van der Waals surface area contributed by atoms with Crippen LogP contribution in [0.1, 0.15) is 16.1 Å². The first-order valence-corrected chi connectivity index (χ1v) is 7.79. The van der Waals surface area contributed by atoms with Crippen LogP contribution in [0.15, 0.2) is 66.9 Å². The minimum atomic E-state index is -4.60. The fourth-order valence-electron chi connectivity index (χ4n) is 2.39. The summed E-state index contributed by atoms with van der Waals surface area (Å²) in [5, 5.41) is 5.12. The van der Waals surface area contributed by atoms with Crippen molar-refractivity contribution in [2.24, 2.45) is 0 Å². The zero-order chi connectivity index (χ0) is 19.4. The van der Waals surface area contributed by atoms with Crippen molar-refractivity contribution in [3.05, 3.63) is 83.9 Å². The van der Waals surface area contributed by atoms with Crippen LogP contribution in [0.2, 0.25) is 0 Å². The molecule has 0 aliphatic heterocycles. The molecule has 0 atom stereocenters. The number of carbonyl (C=O) groups excluding carboxylic acids is 1. The highest BCUT2D eigenvalue weighted by Gasteiger charge is 2.33. The number of nitrogens with zero attached hydrogens (tertiary/aromatic N) is 1. The van der Waals surface area contributed by atoms with Gasteiger partial charge in [0.15, 0.2) is 0 Å². The summed E-state index contributed by atoms with van der Waals surface area (Å²) in [7, 11) is 0. The number of aromatic nitrogens is 1. The number of hydrogen-bond acceptors (Lipinski definition) is 3. The molecule has 0 bridgehead atoms. The first kappa shape index (κ1) is 18.4. The summed E-state index contributed by atoms with van der Waals surface area (Å²) in [6.07, 6.45) is -3.27. The number of carbonyl (C=O) groups is 1. The predicted molar refractivity (Wildman–Crippen MR) is 93.3 cm³/mol. The molecule has 3 aromatic rings. The van der Waals surface area contributed by atoms with Gasteiger partial charge in [-0.05, 0) is 42.5 Å². The molecule has 0 aliphatic rings. The Kier molecular flexibility index (Phi) is 5.07. The van der Waals surface area contributed by atoms with Gasteiger partial charge in [0.2, 0.25) is 0 Å². The molecule has 0 unspecified atom stereocenters. The van der Waals surface area contributed by atoms with E-state index in [1.807, 2.05) is 0 Å². The minimum absolute atomic E-state index is 0.0895. The third kappa shape index (κ3) is 4.60. The van der Waals surface area contributed by atoms with E-state index in [1.165, 1.54) is 42.6 Å². The lowest BCUT2D eigenvalue weighted by atomic mass is 10.1. The van der Waals surface area contributed by atoms with Gasteiger partial charge >= 0.3 is 6.18 Å². The maximum atomic E-state index is 13.2. The van der Waals surface area contributed by atoms with Crippen molar-refractivity contribution in [2.75, 3.05) is 10.6 Å². The molecule has 0 spiro atoms. The van der Waals surface area contributed by atoms with Crippen molar-refractivity contribution < 1.29 is 22.4 Å². The third-order valence-corrected chi connectivity index (χ3v) is 3.59. The van der Waals surface area contributed by atoms with Gasteiger partial charge in [-0.3, -0.25) is 9.78 Å². The van der Waals surface area contributed by atoms with Gasteiger partial charge in [-0.15, -0.1) is 0 Å². The average molecular weight is 375 g/mol. The number of para-hydroxylation sites is 1. The largest absolute Gasteiger partial charge is 0.418 e. The second-order valence-electron chi connectivity index (χ2n) is 5.56. The highest BCUT2D eigenvalue weighted by Crippen LogP contribution is 2.34. The van der Waals surface area contributed by atoms with Crippen LogP contribution in [-0.2, 0) is 6.18 Å². The molecule has 2 N–H and O–H groups in total. The lowest BCUT2D eigenvalue weighted by Gasteiger charge is -2.13. The van der Waals surface area contributed by atoms with Crippen LogP contribution in [0.3, 0.4) is 0 Å². The van der Waals surface area contributed by atoms with Gasteiger partial charge in [-0.25, -0.2) is 4.39 Å². The number of halogens is 4. The van der Waals surface area contributed by atoms with E-state index >= 15 is 0 Å². The SMILES string of the molecule is O=C(Nc1ccccc1C(F)(F)F)c1cc(Nc2cccc(F)c2)ccn1. The predicted octanol–water partition coefficient (Wildman–Crippen LogP) is 5.24. The number of anilines is 3. The topological polar surface area (TPSA) is 54.0 Å². The molecule has 1 aromatic heterocycles. The number of hydrogen-bond donors (Lipinski definition) is 2. The van der Waals surface area contributed by atoms with E-state index < -0.39 is 23.5 Å². The van der Waals surface area contributed by atoms with E-state index in [0.29, 0.717) is 11.4 Å². The number of amides is 1. The van der Waals surface area contributed by atoms with Crippen molar-refractivity contribution in [1.82, 2.24) is 4.98 Å². The Morgan fingerprint density at radius 2 is 1.67 bits per heavy atom. The normalized spacial score (nSPS) is 11.1. The fraction of sp³-hybridized carbons (Fsp3) is 0.0526. The summed E-state index contributed by atoms with van der Waals surface area (Å²) in [5.41, 5.74) is -0.513. The number of benzene rings is 2. The van der Waals surface area contributed by atoms with E-state index in [9.17, 15) is 22.4 Å². The van der Waals surface area contributed by atoms with E-state index in [4.69, 9.17) is 0 Å². The fourth-order valence-corrected chi connectivity index (χ4v) is 2.39. The molecule has 27 heavy (non-hydrogen) atoms. The molecule has 0 aliphatic carbocycles. The van der Waals surface area contributed by atoms with E-state index in [-0.39, 0.29) is 11.4 Å². The Morgan fingerprint density at radius 1 is 0.926 bits per heavy atom. The zero-order valence-corrected chi connectivity index (χ0v) is 13.7. The molecule has 3 rings (SSSR count). The average Bonchev–Trinajstić information content (AvgIpc) is 2.61. The van der Waals surface area contributed by atoms with Crippen molar-refractivity contribution in [2.45, 2.75) is 6.18 Å². The molecule has 2 aromatic carbocycles. The Hall–Kier alpha value is -3.42. The van der Waals surface area contributed by atoms with E-state index in [2.05, 4.69) is 15.6 Å². The van der Waals surface area contributed by atoms with Crippen LogP contribution in [-0.4, -0.2) is 10.9 Å². The standard InChI is InChI=1S/C19H13F4N3O/c20-12-4-3-5-13(10-12)25-14-8-9-24-17(11-14)18(27)26-16-7-2-1-6-15(16)19(21,22)23/h1-11H,(H,24,25)(H,26,27). The number of pyridine rings is 1. The van der Waals surface area contributed by atoms with E-state index in [1.54, 1.807) is 12.1 Å². The van der Waals surface area contributed by atoms with E-state index in [0.717, 1.165) is 12.1 Å². The van der Waals surface area contributed by atoms with Gasteiger partial charge in [-0.1, -0.05) is 18.2 Å². The number of alkyl halides is 3. The maximum Gasteiger partial charge on any atom is 0.418 e. The molecule has 0 radical (unpaired) electrons. The second kappa shape index (κ2) is 7.45. The summed E-state index contributed by atoms with van der Waals surface area (Å²) in [6, 6.07) is 13.3. The van der Waals surface area contributed by atoms with Gasteiger partial charge in [0.1, 0.15) is 11.5 Å². The maximum absolute atomic E-state index is 13.2. The molecule has 0 saturated heterocycles. The number of nitrogens with one attached hydrogen (secondary N) is 2. The van der Waals surface area contributed by atoms with Gasteiger partial charge in [0.25, 0.3) is 5.91 Å². The highest BCUT2D eigenvalue weighted by molar-refractivity contribution is 6.03. The molecule has 0 saturated carbocycles. The molecule has 0 fully saturated rings. The summed E-state index contributed by atoms with van der Waals surface area (Å²) < 4.78 is 52.3. The minimum Gasteiger partial charge on any atom is -0.355 e. The zero-order valence-electron chi connectivity index (χ0n) is 13.7. The smallest absolute Gasteiger partial charge is 0.355 e. The monoisotopic (exact) mass is 375 g/mol. The molecule has 138 valence electrons. The van der Waals surface area contributed by atoms with Gasteiger partial charge in [-0.2, -0.15) is 13.2 Å². The number of rotatable bonds is 4. The lowest BCUT2D eigenvalue weighted by molar-refractivity contribution is -0.136. The van der Waals surface area contributed by atoms with Crippen molar-refractivity contribution in [3.8, 4) is 0 Å². The van der Waals surface area contributed by atoms with Crippen LogP contribution in [0.4, 0.5) is 34.6 Å². The van der Waals surface area contributed by atoms with Crippen LogP contribution in [0, 0.1) is 5.82 Å². The summed E-state index contributed by atoms with van der Waals surface area (Å²) in [5.74, 6) is -1.23. The molecule has 1 heterocycles. The van der Waals surface area contributed by atoms with Gasteiger partial charge in [0.05, 0.1) is 11.3 Å². The van der Waals surface area contributed by atoms with Crippen LogP contribution in [0.25, 0.3) is 0 Å². The van der Waals surface area contributed by atoms with Crippen molar-refractivity contribution >= 4 is 23.0 Å². The Labute approximate surface area is 151 Å². The first-order chi connectivity index (χ1) is 12.8. The van der Waals surface area contributed by atoms with Crippen molar-refractivity contribution in [1.29, 1.82) is 0 Å². The van der Waals surface area contributed by atoms with Crippen LogP contribution in [0.5, 0.6) is 0 Å². The van der Waals surface area contributed by atoms with Crippen molar-refractivity contribution in [3.63, 3.8) is 0 Å². The van der Waals surface area contributed by atoms with Gasteiger partial charge < -0.3 is 10.6 Å². The summed E-state index contributed by atoms with van der Waals surface area (Å²) >= 11 is 0.